The third-order valence-corrected chi connectivity index (χ3v) is 2.54. The Labute approximate surface area is 87.9 Å². The Kier molecular flexibility index (Phi) is 2.68. The largest absolute Gasteiger partial charge is 0.318 e. The van der Waals surface area contributed by atoms with E-state index in [0.717, 1.165) is 24.3 Å². The van der Waals surface area contributed by atoms with Gasteiger partial charge in [0.25, 0.3) is 0 Å². The molecule has 0 spiro atoms. The lowest BCUT2D eigenvalue weighted by Crippen LogP contribution is -2.16. The van der Waals surface area contributed by atoms with Crippen LogP contribution in [-0.2, 0) is 6.54 Å². The maximum atomic E-state index is 13.5. The first-order chi connectivity index (χ1) is 7.24. The smallest absolute Gasteiger partial charge is 0.134 e. The lowest BCUT2D eigenvalue weighted by atomic mass is 10.2. The zero-order valence-corrected chi connectivity index (χ0v) is 8.92. The normalized spacial score (nSPS) is 11.1. The number of nitrogens with zero attached hydrogens (tertiary/aromatic N) is 2. The number of hydrogen-bond donors (Lipinski definition) is 1. The quantitative estimate of drug-likeness (QED) is 0.830. The summed E-state index contributed by atoms with van der Waals surface area (Å²) in [5.41, 5.74) is 1.61. The fourth-order valence-corrected chi connectivity index (χ4v) is 1.72. The van der Waals surface area contributed by atoms with Crippen molar-refractivity contribution in [2.24, 2.45) is 0 Å². The van der Waals surface area contributed by atoms with Crippen LogP contribution in [0.3, 0.4) is 0 Å². The summed E-state index contributed by atoms with van der Waals surface area (Å²) in [5.74, 6) is -0.194. The molecule has 15 heavy (non-hydrogen) atoms. The van der Waals surface area contributed by atoms with Gasteiger partial charge in [-0.1, -0.05) is 6.07 Å². The molecule has 0 amide bonds. The van der Waals surface area contributed by atoms with Crippen molar-refractivity contribution in [1.29, 1.82) is 0 Å². The molecule has 80 valence electrons. The van der Waals surface area contributed by atoms with Crippen LogP contribution in [0.15, 0.2) is 18.2 Å². The van der Waals surface area contributed by atoms with Crippen LogP contribution in [0, 0.1) is 12.7 Å². The van der Waals surface area contributed by atoms with Crippen molar-refractivity contribution < 1.29 is 4.39 Å². The van der Waals surface area contributed by atoms with Gasteiger partial charge in [0, 0.05) is 12.2 Å². The number of likely N-dealkylation sites (N-methyl/N-ethyl adjacent to an activating group) is 1. The number of fused-ring (bicyclic) bond motifs is 1. The zero-order chi connectivity index (χ0) is 10.8. The SMILES string of the molecule is CNCCn1nc2cccc(F)c2c1C. The molecule has 4 heteroatoms. The van der Waals surface area contributed by atoms with Gasteiger partial charge in [-0.3, -0.25) is 4.68 Å². The van der Waals surface area contributed by atoms with Gasteiger partial charge in [-0.25, -0.2) is 4.39 Å². The first-order valence-electron chi connectivity index (χ1n) is 5.00. The van der Waals surface area contributed by atoms with Crippen LogP contribution in [0.5, 0.6) is 0 Å². The minimum Gasteiger partial charge on any atom is -0.318 e. The van der Waals surface area contributed by atoms with Crippen molar-refractivity contribution in [1.82, 2.24) is 15.1 Å². The van der Waals surface area contributed by atoms with Crippen molar-refractivity contribution in [3.63, 3.8) is 0 Å². The summed E-state index contributed by atoms with van der Waals surface area (Å²) < 4.78 is 15.4. The van der Waals surface area contributed by atoms with Crippen molar-refractivity contribution in [2.45, 2.75) is 13.5 Å². The molecule has 2 aromatic rings. The molecule has 0 aliphatic rings. The summed E-state index contributed by atoms with van der Waals surface area (Å²) in [6.07, 6.45) is 0. The molecule has 0 saturated heterocycles. The zero-order valence-electron chi connectivity index (χ0n) is 8.92. The summed E-state index contributed by atoms with van der Waals surface area (Å²) in [7, 11) is 1.89. The Morgan fingerprint density at radius 2 is 2.27 bits per heavy atom. The van der Waals surface area contributed by atoms with E-state index in [9.17, 15) is 4.39 Å². The molecule has 0 radical (unpaired) electrons. The number of halogens is 1. The first kappa shape index (κ1) is 10.1. The van der Waals surface area contributed by atoms with E-state index >= 15 is 0 Å². The number of nitrogens with one attached hydrogen (secondary N) is 1. The summed E-state index contributed by atoms with van der Waals surface area (Å²) >= 11 is 0. The van der Waals surface area contributed by atoms with Gasteiger partial charge in [-0.15, -0.1) is 0 Å². The molecule has 0 aliphatic heterocycles. The second kappa shape index (κ2) is 3.98. The van der Waals surface area contributed by atoms with Crippen LogP contribution >= 0.6 is 0 Å². The molecule has 3 nitrogen and oxygen atoms in total. The van der Waals surface area contributed by atoms with Crippen LogP contribution in [0.25, 0.3) is 10.9 Å². The van der Waals surface area contributed by atoms with Gasteiger partial charge in [0.15, 0.2) is 0 Å². The van der Waals surface area contributed by atoms with Gasteiger partial charge in [0.2, 0.25) is 0 Å². The van der Waals surface area contributed by atoms with Crippen LogP contribution in [0.2, 0.25) is 0 Å². The summed E-state index contributed by atoms with van der Waals surface area (Å²) in [6.45, 7) is 3.49. The van der Waals surface area contributed by atoms with Crippen molar-refractivity contribution in [2.75, 3.05) is 13.6 Å². The van der Waals surface area contributed by atoms with E-state index < -0.39 is 0 Å². The highest BCUT2D eigenvalue weighted by atomic mass is 19.1. The monoisotopic (exact) mass is 207 g/mol. The average molecular weight is 207 g/mol. The summed E-state index contributed by atoms with van der Waals surface area (Å²) in [4.78, 5) is 0. The van der Waals surface area contributed by atoms with E-state index in [0.29, 0.717) is 5.39 Å². The van der Waals surface area contributed by atoms with Crippen molar-refractivity contribution >= 4 is 10.9 Å². The molecule has 2 rings (SSSR count). The highest BCUT2D eigenvalue weighted by molar-refractivity contribution is 5.81. The van der Waals surface area contributed by atoms with E-state index in [1.807, 2.05) is 24.7 Å². The third-order valence-electron chi connectivity index (χ3n) is 2.54. The van der Waals surface area contributed by atoms with Crippen molar-refractivity contribution in [3.05, 3.63) is 29.7 Å². The van der Waals surface area contributed by atoms with Gasteiger partial charge in [0.05, 0.1) is 17.4 Å². The van der Waals surface area contributed by atoms with E-state index in [-0.39, 0.29) is 5.82 Å². The average Bonchev–Trinajstić information content (AvgIpc) is 2.54. The molecular weight excluding hydrogens is 193 g/mol. The lowest BCUT2D eigenvalue weighted by molar-refractivity contribution is 0.575. The molecule has 1 aromatic carbocycles. The number of rotatable bonds is 3. The Hall–Kier alpha value is -1.42. The van der Waals surface area contributed by atoms with Gasteiger partial charge >= 0.3 is 0 Å². The maximum Gasteiger partial charge on any atom is 0.134 e. The Morgan fingerprint density at radius 1 is 1.47 bits per heavy atom. The van der Waals surface area contributed by atoms with Gasteiger partial charge in [0.1, 0.15) is 5.82 Å². The van der Waals surface area contributed by atoms with E-state index in [1.165, 1.54) is 6.07 Å². The predicted molar refractivity (Wildman–Crippen MR) is 58.4 cm³/mol. The van der Waals surface area contributed by atoms with E-state index in [1.54, 1.807) is 6.07 Å². The van der Waals surface area contributed by atoms with Gasteiger partial charge < -0.3 is 5.32 Å². The van der Waals surface area contributed by atoms with E-state index in [4.69, 9.17) is 0 Å². The molecule has 0 bridgehead atoms. The van der Waals surface area contributed by atoms with E-state index in [2.05, 4.69) is 10.4 Å². The molecule has 0 unspecified atom stereocenters. The molecule has 0 atom stereocenters. The molecule has 1 N–H and O–H groups in total. The Morgan fingerprint density at radius 3 is 2.93 bits per heavy atom. The fraction of sp³-hybridized carbons (Fsp3) is 0.364. The molecule has 1 heterocycles. The first-order valence-corrected chi connectivity index (χ1v) is 5.00. The molecular formula is C11H14FN3. The standard InChI is InChI=1S/C11H14FN3/c1-8-11-9(12)4-3-5-10(11)14-15(8)7-6-13-2/h3-5,13H,6-7H2,1-2H3. The Balaban J connectivity index is 2.50. The van der Waals surface area contributed by atoms with Gasteiger partial charge in [-0.05, 0) is 26.1 Å². The predicted octanol–water partition coefficient (Wildman–Crippen LogP) is 1.70. The minimum absolute atomic E-state index is 0.194. The lowest BCUT2D eigenvalue weighted by Gasteiger charge is -2.02. The van der Waals surface area contributed by atoms with Crippen LogP contribution in [0.4, 0.5) is 4.39 Å². The third kappa shape index (κ3) is 1.72. The topological polar surface area (TPSA) is 29.9 Å². The number of aryl methyl sites for hydroxylation is 1. The second-order valence-electron chi connectivity index (χ2n) is 3.55. The maximum absolute atomic E-state index is 13.5. The molecule has 0 aliphatic carbocycles. The molecule has 1 aromatic heterocycles. The van der Waals surface area contributed by atoms with Crippen LogP contribution in [0.1, 0.15) is 5.69 Å². The molecule has 0 saturated carbocycles. The highest BCUT2D eigenvalue weighted by Crippen LogP contribution is 2.20. The van der Waals surface area contributed by atoms with Crippen molar-refractivity contribution in [3.8, 4) is 0 Å². The Bertz CT molecular complexity index is 476. The number of hydrogen-bond acceptors (Lipinski definition) is 2. The summed E-state index contributed by atoms with van der Waals surface area (Å²) in [5, 5.41) is 8.03. The molecule has 0 fully saturated rings. The van der Waals surface area contributed by atoms with Gasteiger partial charge in [-0.2, -0.15) is 5.10 Å². The second-order valence-corrected chi connectivity index (χ2v) is 3.55. The fourth-order valence-electron chi connectivity index (χ4n) is 1.72. The summed E-state index contributed by atoms with van der Waals surface area (Å²) in [6, 6.07) is 4.99. The van der Waals surface area contributed by atoms with Crippen LogP contribution in [-0.4, -0.2) is 23.4 Å². The number of aromatic nitrogens is 2. The highest BCUT2D eigenvalue weighted by Gasteiger charge is 2.10. The number of benzene rings is 1. The van der Waals surface area contributed by atoms with Crippen LogP contribution < -0.4 is 5.32 Å². The minimum atomic E-state index is -0.194.